The number of hydrogen-bond acceptors (Lipinski definition) is 4. The predicted octanol–water partition coefficient (Wildman–Crippen LogP) is 2.77. The minimum absolute atomic E-state index is 0.1000. The van der Waals surface area contributed by atoms with Crippen LogP contribution in [-0.2, 0) is 0 Å². The maximum atomic E-state index is 12.0. The average Bonchev–Trinajstić information content (AvgIpc) is 2.40. The van der Waals surface area contributed by atoms with Crippen molar-refractivity contribution in [1.82, 2.24) is 10.3 Å². The van der Waals surface area contributed by atoms with Crippen molar-refractivity contribution in [3.8, 4) is 0 Å². The van der Waals surface area contributed by atoms with Crippen molar-refractivity contribution in [2.45, 2.75) is 33.2 Å². The molecule has 1 aromatic heterocycles. The van der Waals surface area contributed by atoms with Gasteiger partial charge >= 0.3 is 0 Å². The quantitative estimate of drug-likeness (QED) is 0.719. The molecule has 1 aromatic rings. The first kappa shape index (κ1) is 15.8. The molecule has 1 atom stereocenters. The highest BCUT2D eigenvalue weighted by Gasteiger charge is 2.10. The van der Waals surface area contributed by atoms with Crippen molar-refractivity contribution in [3.63, 3.8) is 0 Å². The summed E-state index contributed by atoms with van der Waals surface area (Å²) in [7, 11) is 0. The molecular weight excluding hydrogens is 258 g/mol. The molecular formula is C14H23N3OS. The van der Waals surface area contributed by atoms with Gasteiger partial charge in [0.25, 0.3) is 5.91 Å². The largest absolute Gasteiger partial charge is 0.384 e. The summed E-state index contributed by atoms with van der Waals surface area (Å²) in [5.41, 5.74) is 1.41. The van der Waals surface area contributed by atoms with Crippen LogP contribution in [0, 0.1) is 0 Å². The second kappa shape index (κ2) is 8.80. The Bertz CT molecular complexity index is 381. The van der Waals surface area contributed by atoms with Gasteiger partial charge < -0.3 is 10.6 Å². The van der Waals surface area contributed by atoms with E-state index in [2.05, 4.69) is 22.5 Å². The molecule has 1 amide bonds. The first-order valence-electron chi connectivity index (χ1n) is 6.75. The Morgan fingerprint density at radius 3 is 2.79 bits per heavy atom. The van der Waals surface area contributed by atoms with Crippen LogP contribution < -0.4 is 10.6 Å². The fourth-order valence-corrected chi connectivity index (χ4v) is 2.42. The van der Waals surface area contributed by atoms with Gasteiger partial charge in [0.05, 0.1) is 11.9 Å². The van der Waals surface area contributed by atoms with E-state index in [-0.39, 0.29) is 11.9 Å². The van der Waals surface area contributed by atoms with E-state index in [1.54, 1.807) is 12.3 Å². The van der Waals surface area contributed by atoms with Gasteiger partial charge in [0, 0.05) is 12.6 Å². The number of hydrogen-bond donors (Lipinski definition) is 2. The molecule has 0 radical (unpaired) electrons. The second-order valence-corrected chi connectivity index (χ2v) is 5.72. The van der Waals surface area contributed by atoms with Crippen molar-refractivity contribution < 1.29 is 4.79 Å². The molecule has 0 fully saturated rings. The zero-order chi connectivity index (χ0) is 14.1. The Balaban J connectivity index is 2.44. The lowest BCUT2D eigenvalue weighted by Gasteiger charge is -2.13. The Morgan fingerprint density at radius 1 is 1.42 bits per heavy atom. The van der Waals surface area contributed by atoms with E-state index < -0.39 is 0 Å². The predicted molar refractivity (Wildman–Crippen MR) is 82.9 cm³/mol. The molecule has 0 spiro atoms. The summed E-state index contributed by atoms with van der Waals surface area (Å²) in [4.78, 5) is 16.1. The minimum atomic E-state index is -0.1000. The highest BCUT2D eigenvalue weighted by molar-refractivity contribution is 7.99. The first-order chi connectivity index (χ1) is 9.17. The van der Waals surface area contributed by atoms with Gasteiger partial charge in [-0.2, -0.15) is 11.8 Å². The van der Waals surface area contributed by atoms with E-state index in [0.29, 0.717) is 5.69 Å². The average molecular weight is 281 g/mol. The zero-order valence-corrected chi connectivity index (χ0v) is 12.7. The number of thioether (sulfide) groups is 1. The van der Waals surface area contributed by atoms with Crippen LogP contribution in [0.25, 0.3) is 0 Å². The van der Waals surface area contributed by atoms with Gasteiger partial charge in [-0.25, -0.2) is 4.98 Å². The molecule has 0 aliphatic carbocycles. The Hall–Kier alpha value is -1.23. The molecule has 19 heavy (non-hydrogen) atoms. The summed E-state index contributed by atoms with van der Waals surface area (Å²) in [6.45, 7) is 7.04. The van der Waals surface area contributed by atoms with Crippen molar-refractivity contribution in [3.05, 3.63) is 24.0 Å². The van der Waals surface area contributed by atoms with Gasteiger partial charge in [0.1, 0.15) is 5.69 Å². The zero-order valence-electron chi connectivity index (χ0n) is 11.9. The van der Waals surface area contributed by atoms with Gasteiger partial charge in [0.2, 0.25) is 0 Å². The fourth-order valence-electron chi connectivity index (χ4n) is 1.61. The van der Waals surface area contributed by atoms with Gasteiger partial charge in [-0.1, -0.05) is 6.92 Å². The van der Waals surface area contributed by atoms with Crippen molar-refractivity contribution >= 4 is 23.4 Å². The molecule has 0 saturated carbocycles. The van der Waals surface area contributed by atoms with Crippen LogP contribution >= 0.6 is 11.8 Å². The summed E-state index contributed by atoms with van der Waals surface area (Å²) < 4.78 is 0. The number of nitrogens with one attached hydrogen (secondary N) is 2. The van der Waals surface area contributed by atoms with Crippen LogP contribution in [0.5, 0.6) is 0 Å². The monoisotopic (exact) mass is 281 g/mol. The molecule has 0 aliphatic heterocycles. The van der Waals surface area contributed by atoms with Crippen LogP contribution in [0.2, 0.25) is 0 Å². The molecule has 0 aliphatic rings. The number of amides is 1. The van der Waals surface area contributed by atoms with Crippen molar-refractivity contribution in [2.75, 3.05) is 23.4 Å². The first-order valence-corrected chi connectivity index (χ1v) is 7.91. The van der Waals surface area contributed by atoms with E-state index >= 15 is 0 Å². The number of carbonyl (C=O) groups is 1. The maximum absolute atomic E-state index is 12.0. The van der Waals surface area contributed by atoms with Gasteiger partial charge in [-0.05, 0) is 43.9 Å². The molecule has 0 saturated heterocycles. The third-order valence-electron chi connectivity index (χ3n) is 2.65. The summed E-state index contributed by atoms with van der Waals surface area (Å²) in [6, 6.07) is 3.81. The van der Waals surface area contributed by atoms with Crippen LogP contribution in [-0.4, -0.2) is 35.0 Å². The van der Waals surface area contributed by atoms with E-state index in [1.165, 1.54) is 0 Å². The molecule has 0 bridgehead atoms. The highest BCUT2D eigenvalue weighted by atomic mass is 32.2. The summed E-state index contributed by atoms with van der Waals surface area (Å²) >= 11 is 1.89. The van der Waals surface area contributed by atoms with Gasteiger partial charge in [-0.15, -0.1) is 0 Å². The molecule has 4 nitrogen and oxygen atoms in total. The molecule has 2 N–H and O–H groups in total. The minimum Gasteiger partial charge on any atom is -0.384 e. The van der Waals surface area contributed by atoms with Gasteiger partial charge in [-0.3, -0.25) is 4.79 Å². The SMILES string of the molecule is CCNc1ccc(C(=O)NC(C)CCSCC)nc1. The lowest BCUT2D eigenvalue weighted by Crippen LogP contribution is -2.33. The summed E-state index contributed by atoms with van der Waals surface area (Å²) in [5.74, 6) is 2.09. The van der Waals surface area contributed by atoms with Crippen LogP contribution in [0.4, 0.5) is 5.69 Å². The smallest absolute Gasteiger partial charge is 0.270 e. The Morgan fingerprint density at radius 2 is 2.21 bits per heavy atom. The number of carbonyl (C=O) groups excluding carboxylic acids is 1. The normalized spacial score (nSPS) is 11.9. The van der Waals surface area contributed by atoms with E-state index in [4.69, 9.17) is 0 Å². The highest BCUT2D eigenvalue weighted by Crippen LogP contribution is 2.07. The number of anilines is 1. The van der Waals surface area contributed by atoms with Crippen LogP contribution in [0.3, 0.4) is 0 Å². The van der Waals surface area contributed by atoms with Crippen molar-refractivity contribution in [1.29, 1.82) is 0 Å². The van der Waals surface area contributed by atoms with E-state index in [9.17, 15) is 4.79 Å². The lowest BCUT2D eigenvalue weighted by atomic mass is 10.2. The molecule has 5 heteroatoms. The van der Waals surface area contributed by atoms with E-state index in [1.807, 2.05) is 31.7 Å². The maximum Gasteiger partial charge on any atom is 0.270 e. The molecule has 106 valence electrons. The Kier molecular flexibility index (Phi) is 7.33. The standard InChI is InChI=1S/C14H23N3OS/c1-4-15-12-6-7-13(16-10-12)14(18)17-11(3)8-9-19-5-2/h6-7,10-11,15H,4-5,8-9H2,1-3H3,(H,17,18). The topological polar surface area (TPSA) is 54.0 Å². The van der Waals surface area contributed by atoms with Gasteiger partial charge in [0.15, 0.2) is 0 Å². The fraction of sp³-hybridized carbons (Fsp3) is 0.571. The summed E-state index contributed by atoms with van der Waals surface area (Å²) in [5, 5.41) is 6.12. The summed E-state index contributed by atoms with van der Waals surface area (Å²) in [6.07, 6.45) is 2.68. The van der Waals surface area contributed by atoms with Crippen molar-refractivity contribution in [2.24, 2.45) is 0 Å². The molecule has 1 unspecified atom stereocenters. The lowest BCUT2D eigenvalue weighted by molar-refractivity contribution is 0.0934. The Labute approximate surface area is 119 Å². The number of aromatic nitrogens is 1. The number of pyridine rings is 1. The third-order valence-corrected chi connectivity index (χ3v) is 3.59. The van der Waals surface area contributed by atoms with E-state index in [0.717, 1.165) is 30.2 Å². The molecule has 1 rings (SSSR count). The molecule has 0 aromatic carbocycles. The molecule has 1 heterocycles. The second-order valence-electron chi connectivity index (χ2n) is 4.32. The number of rotatable bonds is 8. The number of nitrogens with zero attached hydrogens (tertiary/aromatic N) is 1. The van der Waals surface area contributed by atoms with Crippen LogP contribution in [0.15, 0.2) is 18.3 Å². The third kappa shape index (κ3) is 5.96. The van der Waals surface area contributed by atoms with Crippen LogP contribution in [0.1, 0.15) is 37.7 Å².